The summed E-state index contributed by atoms with van der Waals surface area (Å²) in [6.45, 7) is 5.86. The number of hydrogen-bond donors (Lipinski definition) is 3. The molecule has 0 unspecified atom stereocenters. The first-order valence-corrected chi connectivity index (χ1v) is 10.8. The Morgan fingerprint density at radius 2 is 2.12 bits per heavy atom. The predicted octanol–water partition coefficient (Wildman–Crippen LogP) is 2.21. The van der Waals surface area contributed by atoms with Crippen LogP contribution in [-0.4, -0.2) is 58.6 Å². The number of guanidine groups is 1. The van der Waals surface area contributed by atoms with Gasteiger partial charge in [-0.1, -0.05) is 12.1 Å². The molecule has 2 aromatic rings. The van der Waals surface area contributed by atoms with Crippen molar-refractivity contribution in [2.24, 2.45) is 4.99 Å². The van der Waals surface area contributed by atoms with Gasteiger partial charge in [0.1, 0.15) is 6.54 Å². The molecule has 0 atom stereocenters. The Hall–Kier alpha value is -2.63. The summed E-state index contributed by atoms with van der Waals surface area (Å²) in [5.41, 5.74) is 1.73. The fourth-order valence-electron chi connectivity index (χ4n) is 3.42. The molecule has 3 N–H and O–H groups in total. The summed E-state index contributed by atoms with van der Waals surface area (Å²) in [4.78, 5) is 30.4. The van der Waals surface area contributed by atoms with Gasteiger partial charge in [-0.15, -0.1) is 24.0 Å². The maximum absolute atomic E-state index is 12.2. The third-order valence-electron chi connectivity index (χ3n) is 4.91. The number of hydrogen-bond acceptors (Lipinski definition) is 4. The maximum Gasteiger partial charge on any atom is 0.246 e. The highest BCUT2D eigenvalue weighted by molar-refractivity contribution is 14.0. The molecule has 3 rings (SSSR count). The molecule has 1 aliphatic heterocycles. The van der Waals surface area contributed by atoms with E-state index in [4.69, 9.17) is 0 Å². The fraction of sp³-hybridized carbons (Fsp3) is 0.455. The molecule has 0 saturated carbocycles. The summed E-state index contributed by atoms with van der Waals surface area (Å²) in [7, 11) is 0. The van der Waals surface area contributed by atoms with Crippen molar-refractivity contribution in [1.29, 1.82) is 0 Å². The number of halogens is 1. The van der Waals surface area contributed by atoms with Gasteiger partial charge in [0, 0.05) is 50.7 Å². The van der Waals surface area contributed by atoms with Crippen LogP contribution in [-0.2, 0) is 22.7 Å². The van der Waals surface area contributed by atoms with E-state index < -0.39 is 0 Å². The van der Waals surface area contributed by atoms with Crippen molar-refractivity contribution >= 4 is 47.4 Å². The zero-order valence-corrected chi connectivity index (χ0v) is 20.7. The van der Waals surface area contributed by atoms with E-state index in [1.165, 1.54) is 0 Å². The van der Waals surface area contributed by atoms with Crippen molar-refractivity contribution < 1.29 is 9.59 Å². The maximum atomic E-state index is 12.2. The largest absolute Gasteiger partial charge is 0.357 e. The van der Waals surface area contributed by atoms with Crippen molar-refractivity contribution in [3.05, 3.63) is 48.3 Å². The van der Waals surface area contributed by atoms with Crippen LogP contribution in [0.5, 0.6) is 0 Å². The summed E-state index contributed by atoms with van der Waals surface area (Å²) < 4.78 is 1.58. The third-order valence-corrected chi connectivity index (χ3v) is 4.91. The van der Waals surface area contributed by atoms with E-state index in [0.717, 1.165) is 56.2 Å². The second kappa shape index (κ2) is 13.7. The molecule has 2 heterocycles. The number of amides is 2. The van der Waals surface area contributed by atoms with Gasteiger partial charge < -0.3 is 20.9 Å². The summed E-state index contributed by atoms with van der Waals surface area (Å²) in [6, 6.07) is 9.45. The van der Waals surface area contributed by atoms with Gasteiger partial charge >= 0.3 is 0 Å². The van der Waals surface area contributed by atoms with Crippen LogP contribution < -0.4 is 16.0 Å². The van der Waals surface area contributed by atoms with E-state index in [2.05, 4.69) is 26.0 Å². The van der Waals surface area contributed by atoms with Gasteiger partial charge in [0.25, 0.3) is 0 Å². The number of anilines is 1. The van der Waals surface area contributed by atoms with E-state index in [-0.39, 0.29) is 42.3 Å². The predicted molar refractivity (Wildman–Crippen MR) is 136 cm³/mol. The zero-order valence-electron chi connectivity index (χ0n) is 18.4. The third kappa shape index (κ3) is 8.48. The average Bonchev–Trinajstić information content (AvgIpc) is 3.41. The van der Waals surface area contributed by atoms with Crippen molar-refractivity contribution in [3.8, 4) is 0 Å². The quantitative estimate of drug-likeness (QED) is 0.181. The molecule has 10 heteroatoms. The number of nitrogens with one attached hydrogen (secondary N) is 3. The van der Waals surface area contributed by atoms with Gasteiger partial charge in [0.2, 0.25) is 11.8 Å². The molecule has 1 saturated heterocycles. The second-order valence-corrected chi connectivity index (χ2v) is 7.41. The van der Waals surface area contributed by atoms with Crippen molar-refractivity contribution in [2.75, 3.05) is 31.5 Å². The normalized spacial score (nSPS) is 13.6. The first-order chi connectivity index (χ1) is 15.1. The number of aromatic nitrogens is 2. The molecule has 0 spiro atoms. The molecule has 9 nitrogen and oxygen atoms in total. The Morgan fingerprint density at radius 3 is 2.84 bits per heavy atom. The number of rotatable bonds is 10. The van der Waals surface area contributed by atoms with Crippen LogP contribution in [0.2, 0.25) is 0 Å². The lowest BCUT2D eigenvalue weighted by molar-refractivity contribution is -0.127. The Balaban J connectivity index is 0.00000363. The molecule has 1 aliphatic rings. The standard InChI is InChI=1S/C22H31N7O2.HI/c1-2-23-22(24-10-5-13-28-12-4-9-21(28)31)25-16-18-7-3-8-19(15-18)27-20(30)17-29-14-6-11-26-29;/h3,6-8,11,14-15H,2,4-5,9-10,12-13,16-17H2,1H3,(H,27,30)(H2,23,24,25);1H. The Kier molecular flexibility index (Phi) is 11.0. The van der Waals surface area contributed by atoms with Gasteiger partial charge in [-0.05, 0) is 43.5 Å². The highest BCUT2D eigenvalue weighted by Crippen LogP contribution is 2.12. The van der Waals surface area contributed by atoms with Crippen LogP contribution >= 0.6 is 24.0 Å². The SMILES string of the molecule is CCNC(=NCc1cccc(NC(=O)Cn2cccn2)c1)NCCCN1CCCC1=O.I. The highest BCUT2D eigenvalue weighted by atomic mass is 127. The highest BCUT2D eigenvalue weighted by Gasteiger charge is 2.18. The molecular weight excluding hydrogens is 521 g/mol. The van der Waals surface area contributed by atoms with Crippen molar-refractivity contribution in [3.63, 3.8) is 0 Å². The van der Waals surface area contributed by atoms with Crippen LogP contribution in [0.3, 0.4) is 0 Å². The van der Waals surface area contributed by atoms with Gasteiger partial charge in [-0.25, -0.2) is 4.99 Å². The fourth-order valence-corrected chi connectivity index (χ4v) is 3.42. The summed E-state index contributed by atoms with van der Waals surface area (Å²) in [5.74, 6) is 0.872. The Morgan fingerprint density at radius 1 is 1.25 bits per heavy atom. The summed E-state index contributed by atoms with van der Waals surface area (Å²) >= 11 is 0. The minimum absolute atomic E-state index is 0. The van der Waals surface area contributed by atoms with Crippen molar-refractivity contribution in [2.45, 2.75) is 39.3 Å². The lowest BCUT2D eigenvalue weighted by atomic mass is 10.2. The van der Waals surface area contributed by atoms with Crippen LogP contribution in [0, 0.1) is 0 Å². The zero-order chi connectivity index (χ0) is 21.9. The van der Waals surface area contributed by atoms with Crippen LogP contribution in [0.25, 0.3) is 0 Å². The molecular formula is C22H32IN7O2. The van der Waals surface area contributed by atoms with E-state index >= 15 is 0 Å². The van der Waals surface area contributed by atoms with Crippen molar-refractivity contribution in [1.82, 2.24) is 25.3 Å². The molecule has 0 aliphatic carbocycles. The van der Waals surface area contributed by atoms with Gasteiger partial charge in [-0.2, -0.15) is 5.10 Å². The van der Waals surface area contributed by atoms with Crippen LogP contribution in [0.15, 0.2) is 47.7 Å². The number of benzene rings is 1. The van der Waals surface area contributed by atoms with Gasteiger partial charge in [-0.3, -0.25) is 14.3 Å². The first-order valence-electron chi connectivity index (χ1n) is 10.8. The Labute approximate surface area is 206 Å². The van der Waals surface area contributed by atoms with Gasteiger partial charge in [0.15, 0.2) is 5.96 Å². The number of nitrogens with zero attached hydrogens (tertiary/aromatic N) is 4. The first kappa shape index (κ1) is 25.6. The molecule has 0 bridgehead atoms. The molecule has 32 heavy (non-hydrogen) atoms. The average molecular weight is 553 g/mol. The van der Waals surface area contributed by atoms with Crippen LogP contribution in [0.1, 0.15) is 31.7 Å². The summed E-state index contributed by atoms with van der Waals surface area (Å²) in [5, 5.41) is 13.5. The Bertz CT molecular complexity index is 886. The number of likely N-dealkylation sites (tertiary alicyclic amines) is 1. The molecule has 174 valence electrons. The minimum atomic E-state index is -0.129. The monoisotopic (exact) mass is 553 g/mol. The molecule has 1 fully saturated rings. The van der Waals surface area contributed by atoms with E-state index in [9.17, 15) is 9.59 Å². The minimum Gasteiger partial charge on any atom is -0.357 e. The molecule has 1 aromatic carbocycles. The molecule has 2 amide bonds. The lowest BCUT2D eigenvalue weighted by Gasteiger charge is -2.16. The van der Waals surface area contributed by atoms with E-state index in [1.807, 2.05) is 36.1 Å². The smallest absolute Gasteiger partial charge is 0.246 e. The van der Waals surface area contributed by atoms with E-state index in [0.29, 0.717) is 13.0 Å². The molecule has 0 radical (unpaired) electrons. The second-order valence-electron chi connectivity index (χ2n) is 7.41. The topological polar surface area (TPSA) is 104 Å². The van der Waals surface area contributed by atoms with E-state index in [1.54, 1.807) is 23.1 Å². The van der Waals surface area contributed by atoms with Crippen LogP contribution in [0.4, 0.5) is 5.69 Å². The number of aliphatic imine (C=N–C) groups is 1. The van der Waals surface area contributed by atoms with Gasteiger partial charge in [0.05, 0.1) is 6.54 Å². The summed E-state index contributed by atoms with van der Waals surface area (Å²) in [6.07, 6.45) is 5.93. The number of carbonyl (C=O) groups excluding carboxylic acids is 2. The molecule has 1 aromatic heterocycles. The lowest BCUT2D eigenvalue weighted by Crippen LogP contribution is -2.39. The number of carbonyl (C=O) groups is 2.